The van der Waals surface area contributed by atoms with Gasteiger partial charge in [-0.25, -0.2) is 14.6 Å². The predicted octanol–water partition coefficient (Wildman–Crippen LogP) is 3.86. The molecule has 4 aromatic rings. The van der Waals surface area contributed by atoms with E-state index in [2.05, 4.69) is 4.99 Å². The summed E-state index contributed by atoms with van der Waals surface area (Å²) in [5.74, 6) is 0.759. The number of allylic oxidation sites excluding steroid dienone is 1. The Morgan fingerprint density at radius 1 is 1.05 bits per heavy atom. The maximum atomic E-state index is 14.0. The first-order valence-electron chi connectivity index (χ1n) is 13.0. The molecule has 0 spiro atoms. The van der Waals surface area contributed by atoms with Gasteiger partial charge in [-0.05, 0) is 50.2 Å². The molecule has 0 fully saturated rings. The van der Waals surface area contributed by atoms with E-state index < -0.39 is 18.0 Å². The molecule has 0 aliphatic carbocycles. The van der Waals surface area contributed by atoms with Crippen LogP contribution < -0.4 is 24.4 Å². The maximum Gasteiger partial charge on any atom is 0.338 e. The molecule has 0 radical (unpaired) electrons. The van der Waals surface area contributed by atoms with Crippen LogP contribution in [0.5, 0.6) is 11.5 Å². The summed E-state index contributed by atoms with van der Waals surface area (Å²) in [5.41, 5.74) is 1.73. The molecule has 2 aromatic carbocycles. The number of thiazole rings is 1. The van der Waals surface area contributed by atoms with Gasteiger partial charge in [0.05, 0.1) is 49.3 Å². The van der Waals surface area contributed by atoms with Crippen LogP contribution in [0.25, 0.3) is 17.4 Å². The van der Waals surface area contributed by atoms with Crippen LogP contribution in [0.4, 0.5) is 0 Å². The van der Waals surface area contributed by atoms with Crippen LogP contribution >= 0.6 is 11.3 Å². The lowest BCUT2D eigenvalue weighted by molar-refractivity contribution is -0.139. The lowest BCUT2D eigenvalue weighted by atomic mass is 9.95. The van der Waals surface area contributed by atoms with Crippen molar-refractivity contribution in [3.63, 3.8) is 0 Å². The van der Waals surface area contributed by atoms with E-state index in [0.29, 0.717) is 54.7 Å². The van der Waals surface area contributed by atoms with Crippen LogP contribution in [0.2, 0.25) is 0 Å². The summed E-state index contributed by atoms with van der Waals surface area (Å²) in [5, 5.41) is 0. The van der Waals surface area contributed by atoms with Crippen molar-refractivity contribution in [2.45, 2.75) is 19.9 Å². The Labute approximate surface area is 244 Å². The molecule has 0 bridgehead atoms. The van der Waals surface area contributed by atoms with Gasteiger partial charge in [0.15, 0.2) is 4.80 Å². The topological polar surface area (TPSA) is 119 Å². The van der Waals surface area contributed by atoms with Gasteiger partial charge in [-0.15, -0.1) is 0 Å². The molecule has 2 aromatic heterocycles. The molecule has 1 atom stereocenters. The number of furan rings is 1. The number of rotatable bonds is 8. The third-order valence-corrected chi connectivity index (χ3v) is 7.73. The highest BCUT2D eigenvalue weighted by Crippen LogP contribution is 2.38. The molecule has 0 N–H and O–H groups in total. The van der Waals surface area contributed by atoms with Crippen LogP contribution in [0.1, 0.15) is 41.6 Å². The molecule has 0 saturated heterocycles. The molecule has 216 valence electrons. The normalized spacial score (nSPS) is 14.7. The van der Waals surface area contributed by atoms with E-state index in [-0.39, 0.29) is 17.7 Å². The van der Waals surface area contributed by atoms with Crippen molar-refractivity contribution in [1.82, 2.24) is 4.57 Å². The number of ether oxygens (including phenoxy) is 4. The second kappa shape index (κ2) is 11.9. The molecule has 42 heavy (non-hydrogen) atoms. The first-order chi connectivity index (χ1) is 20.3. The quantitative estimate of drug-likeness (QED) is 0.285. The van der Waals surface area contributed by atoms with Crippen molar-refractivity contribution in [1.29, 1.82) is 0 Å². The Kier molecular flexibility index (Phi) is 8.12. The molecular weight excluding hydrogens is 560 g/mol. The molecule has 5 rings (SSSR count). The number of fused-ring (bicyclic) bond motifs is 1. The number of aromatic nitrogens is 1. The maximum absolute atomic E-state index is 14.0. The Morgan fingerprint density at radius 3 is 2.55 bits per heavy atom. The summed E-state index contributed by atoms with van der Waals surface area (Å²) in [6.07, 6.45) is 1.61. The number of benzene rings is 2. The lowest BCUT2D eigenvalue weighted by Gasteiger charge is -2.26. The number of nitrogens with zero attached hydrogens (tertiary/aromatic N) is 2. The highest BCUT2D eigenvalue weighted by Gasteiger charge is 2.35. The standard InChI is InChI=1S/C31H28N2O8S/c1-6-40-30(36)26-17(2)32-31-33(27(26)22-15-18(37-3)11-13-23(22)38-4)28(34)25(42-31)16-19-12-14-24(41-19)20-9-7-8-10-21(20)29(35)39-5/h7-16,27H,6H2,1-5H3/t27-/m0/s1. The molecule has 0 unspecified atom stereocenters. The predicted molar refractivity (Wildman–Crippen MR) is 155 cm³/mol. The Hall–Kier alpha value is -4.90. The molecule has 1 aliphatic rings. The highest BCUT2D eigenvalue weighted by atomic mass is 32.1. The number of esters is 2. The minimum Gasteiger partial charge on any atom is -0.497 e. The van der Waals surface area contributed by atoms with E-state index in [4.69, 9.17) is 23.4 Å². The molecule has 10 nitrogen and oxygen atoms in total. The van der Waals surface area contributed by atoms with Gasteiger partial charge < -0.3 is 23.4 Å². The number of hydrogen-bond acceptors (Lipinski definition) is 10. The monoisotopic (exact) mass is 588 g/mol. The second-order valence-corrected chi connectivity index (χ2v) is 10.2. The van der Waals surface area contributed by atoms with Crippen LogP contribution in [0, 0.1) is 0 Å². The summed E-state index contributed by atoms with van der Waals surface area (Å²) in [6.45, 7) is 3.58. The van der Waals surface area contributed by atoms with Gasteiger partial charge in [0, 0.05) is 17.2 Å². The van der Waals surface area contributed by atoms with Gasteiger partial charge >= 0.3 is 11.9 Å². The van der Waals surface area contributed by atoms with Gasteiger partial charge in [0.1, 0.15) is 29.1 Å². The summed E-state index contributed by atoms with van der Waals surface area (Å²) in [4.78, 5) is 44.5. The number of carbonyl (C=O) groups excluding carboxylic acids is 2. The molecular formula is C31H28N2O8S. The Balaban J connectivity index is 1.67. The van der Waals surface area contributed by atoms with Crippen molar-refractivity contribution < 1.29 is 33.0 Å². The van der Waals surface area contributed by atoms with Crippen LogP contribution in [-0.2, 0) is 14.3 Å². The smallest absolute Gasteiger partial charge is 0.338 e. The van der Waals surface area contributed by atoms with E-state index in [9.17, 15) is 14.4 Å². The van der Waals surface area contributed by atoms with Gasteiger partial charge in [-0.3, -0.25) is 9.36 Å². The summed E-state index contributed by atoms with van der Waals surface area (Å²) in [7, 11) is 4.36. The molecule has 3 heterocycles. The van der Waals surface area contributed by atoms with Crippen molar-refractivity contribution >= 4 is 29.4 Å². The summed E-state index contributed by atoms with van der Waals surface area (Å²) < 4.78 is 29.2. The minimum atomic E-state index is -0.883. The fourth-order valence-corrected chi connectivity index (χ4v) is 5.86. The van der Waals surface area contributed by atoms with E-state index in [1.54, 1.807) is 74.5 Å². The largest absolute Gasteiger partial charge is 0.497 e. The lowest BCUT2D eigenvalue weighted by Crippen LogP contribution is -2.40. The van der Waals surface area contributed by atoms with Crippen LogP contribution in [-0.4, -0.2) is 44.4 Å². The zero-order valence-electron chi connectivity index (χ0n) is 23.6. The molecule has 0 amide bonds. The molecule has 0 saturated carbocycles. The van der Waals surface area contributed by atoms with Crippen molar-refractivity contribution in [3.8, 4) is 22.8 Å². The van der Waals surface area contributed by atoms with E-state index >= 15 is 0 Å². The number of methoxy groups -OCH3 is 3. The number of hydrogen-bond donors (Lipinski definition) is 0. The highest BCUT2D eigenvalue weighted by molar-refractivity contribution is 7.07. The second-order valence-electron chi connectivity index (χ2n) is 9.15. The first-order valence-corrected chi connectivity index (χ1v) is 13.8. The Morgan fingerprint density at radius 2 is 1.83 bits per heavy atom. The zero-order valence-corrected chi connectivity index (χ0v) is 24.4. The zero-order chi connectivity index (χ0) is 30.0. The van der Waals surface area contributed by atoms with E-state index in [0.717, 1.165) is 11.3 Å². The van der Waals surface area contributed by atoms with Crippen LogP contribution in [0.3, 0.4) is 0 Å². The minimum absolute atomic E-state index is 0.155. The van der Waals surface area contributed by atoms with Crippen LogP contribution in [0.15, 0.2) is 80.1 Å². The first kappa shape index (κ1) is 28.6. The Bertz CT molecular complexity index is 1900. The van der Waals surface area contributed by atoms with Gasteiger partial charge in [-0.2, -0.15) is 0 Å². The van der Waals surface area contributed by atoms with E-state index in [1.807, 2.05) is 0 Å². The van der Waals surface area contributed by atoms with Gasteiger partial charge in [-0.1, -0.05) is 29.5 Å². The van der Waals surface area contributed by atoms with Gasteiger partial charge in [0.25, 0.3) is 5.56 Å². The third kappa shape index (κ3) is 5.14. The molecule has 1 aliphatic heterocycles. The summed E-state index contributed by atoms with van der Waals surface area (Å²) >= 11 is 1.16. The summed E-state index contributed by atoms with van der Waals surface area (Å²) in [6, 6.07) is 14.7. The average Bonchev–Trinajstić information content (AvgIpc) is 3.59. The number of carbonyl (C=O) groups is 2. The van der Waals surface area contributed by atoms with Crippen molar-refractivity contribution in [3.05, 3.63) is 102 Å². The van der Waals surface area contributed by atoms with Crippen molar-refractivity contribution in [2.24, 2.45) is 4.99 Å². The van der Waals surface area contributed by atoms with Crippen molar-refractivity contribution in [2.75, 3.05) is 27.9 Å². The van der Waals surface area contributed by atoms with Gasteiger partial charge in [0.2, 0.25) is 0 Å². The third-order valence-electron chi connectivity index (χ3n) is 6.75. The fraction of sp³-hybridized carbons (Fsp3) is 0.226. The molecule has 11 heteroatoms. The SMILES string of the molecule is CCOC(=O)C1=C(C)N=c2sc(=Cc3ccc(-c4ccccc4C(=O)OC)o3)c(=O)n2[C@H]1c1cc(OC)ccc1OC. The average molecular weight is 589 g/mol. The van der Waals surface area contributed by atoms with E-state index in [1.165, 1.54) is 25.9 Å². The fourth-order valence-electron chi connectivity index (χ4n) is 4.83.